The first-order valence-electron chi connectivity index (χ1n) is 10.8. The van der Waals surface area contributed by atoms with E-state index in [1.165, 1.54) is 35.4 Å². The predicted molar refractivity (Wildman–Crippen MR) is 121 cm³/mol. The molecule has 0 aromatic carbocycles. The first-order valence-corrected chi connectivity index (χ1v) is 10.8. The maximum absolute atomic E-state index is 14.1. The van der Waals surface area contributed by atoms with Gasteiger partial charge < -0.3 is 14.5 Å². The van der Waals surface area contributed by atoms with Crippen LogP contribution in [0.25, 0.3) is 16.9 Å². The molecule has 3 aromatic rings. The Balaban J connectivity index is 1.72. The molecule has 1 aliphatic heterocycles. The molecule has 0 unspecified atom stereocenters. The second kappa shape index (κ2) is 8.85. The minimum atomic E-state index is -2.77. The fraction of sp³-hybridized carbons (Fsp3) is 0.435. The summed E-state index contributed by atoms with van der Waals surface area (Å²) >= 11 is 0. The van der Waals surface area contributed by atoms with Crippen molar-refractivity contribution in [3.05, 3.63) is 42.0 Å². The monoisotopic (exact) mass is 469 g/mol. The van der Waals surface area contributed by atoms with Gasteiger partial charge in [0, 0.05) is 43.6 Å². The number of aromatic nitrogens is 4. The molecule has 1 fully saturated rings. The van der Waals surface area contributed by atoms with Crippen LogP contribution in [0.15, 0.2) is 30.9 Å². The first kappa shape index (κ1) is 23.4. The zero-order valence-corrected chi connectivity index (χ0v) is 19.4. The molecule has 4 rings (SSSR count). The molecule has 0 saturated carbocycles. The predicted octanol–water partition coefficient (Wildman–Crippen LogP) is 4.07. The number of alkyl halides is 2. The Kier molecular flexibility index (Phi) is 6.08. The van der Waals surface area contributed by atoms with Crippen LogP contribution in [0.4, 0.5) is 19.4 Å². The molecular weight excluding hydrogens is 444 g/mol. The molecule has 1 saturated heterocycles. The summed E-state index contributed by atoms with van der Waals surface area (Å²) < 4.78 is 35.1. The average molecular weight is 469 g/mol. The summed E-state index contributed by atoms with van der Waals surface area (Å²) in [7, 11) is 0. The van der Waals surface area contributed by atoms with Crippen molar-refractivity contribution in [2.45, 2.75) is 45.8 Å². The largest absolute Gasteiger partial charge is 0.444 e. The van der Waals surface area contributed by atoms with E-state index in [4.69, 9.17) is 4.74 Å². The number of nitrogens with zero attached hydrogens (tertiary/aromatic N) is 7. The Hall–Kier alpha value is -3.81. The highest BCUT2D eigenvalue weighted by Crippen LogP contribution is 2.36. The second-order valence-corrected chi connectivity index (χ2v) is 9.13. The number of piperazine rings is 1. The minimum absolute atomic E-state index is 0.201. The molecule has 1 amide bonds. The van der Waals surface area contributed by atoms with Crippen LogP contribution in [0.5, 0.6) is 0 Å². The van der Waals surface area contributed by atoms with E-state index in [0.717, 1.165) is 0 Å². The lowest BCUT2D eigenvalue weighted by Gasteiger charge is -2.41. The maximum atomic E-state index is 14.1. The zero-order chi connectivity index (χ0) is 24.6. The van der Waals surface area contributed by atoms with Crippen molar-refractivity contribution in [1.82, 2.24) is 24.4 Å². The van der Waals surface area contributed by atoms with Crippen molar-refractivity contribution >= 4 is 22.9 Å². The number of rotatable bonds is 3. The number of nitriles is 1. The Morgan fingerprint density at radius 1 is 1.26 bits per heavy atom. The number of pyridine rings is 1. The van der Waals surface area contributed by atoms with E-state index in [2.05, 4.69) is 15.0 Å². The summed E-state index contributed by atoms with van der Waals surface area (Å²) in [6, 6.07) is 4.88. The number of hydrogen-bond acceptors (Lipinski definition) is 7. The van der Waals surface area contributed by atoms with Crippen LogP contribution < -0.4 is 4.90 Å². The van der Waals surface area contributed by atoms with E-state index in [1.807, 2.05) is 17.9 Å². The van der Waals surface area contributed by atoms with Gasteiger partial charge in [0.25, 0.3) is 6.43 Å². The van der Waals surface area contributed by atoms with Crippen molar-refractivity contribution in [1.29, 1.82) is 5.26 Å². The van der Waals surface area contributed by atoms with E-state index in [1.54, 1.807) is 25.7 Å². The van der Waals surface area contributed by atoms with Gasteiger partial charge in [0.05, 0.1) is 17.0 Å². The van der Waals surface area contributed by atoms with Gasteiger partial charge >= 0.3 is 6.09 Å². The Bertz CT molecular complexity index is 1260. The van der Waals surface area contributed by atoms with E-state index in [0.29, 0.717) is 36.8 Å². The normalized spacial score (nSPS) is 16.7. The topological polar surface area (TPSA) is 100 Å². The molecule has 178 valence electrons. The molecule has 1 aliphatic rings. The summed E-state index contributed by atoms with van der Waals surface area (Å²) in [6.07, 6.45) is 0.881. The highest BCUT2D eigenvalue weighted by atomic mass is 19.3. The third-order valence-electron chi connectivity index (χ3n) is 5.50. The molecule has 34 heavy (non-hydrogen) atoms. The smallest absolute Gasteiger partial charge is 0.410 e. The Morgan fingerprint density at radius 3 is 2.68 bits per heavy atom. The van der Waals surface area contributed by atoms with E-state index < -0.39 is 18.1 Å². The first-order chi connectivity index (χ1) is 16.1. The fourth-order valence-corrected chi connectivity index (χ4v) is 4.02. The van der Waals surface area contributed by atoms with Crippen LogP contribution in [-0.4, -0.2) is 61.8 Å². The van der Waals surface area contributed by atoms with Crippen molar-refractivity contribution < 1.29 is 18.3 Å². The quantitative estimate of drug-likeness (QED) is 0.570. The molecule has 3 aromatic heterocycles. The highest BCUT2D eigenvalue weighted by Gasteiger charge is 2.33. The minimum Gasteiger partial charge on any atom is -0.444 e. The number of carbonyl (C=O) groups excluding carboxylic acids is 1. The van der Waals surface area contributed by atoms with Crippen LogP contribution in [0.3, 0.4) is 0 Å². The van der Waals surface area contributed by atoms with Gasteiger partial charge in [0.2, 0.25) is 0 Å². The molecule has 0 spiro atoms. The maximum Gasteiger partial charge on any atom is 0.410 e. The molecule has 11 heteroatoms. The molecule has 0 aliphatic carbocycles. The van der Waals surface area contributed by atoms with Gasteiger partial charge in [-0.05, 0) is 39.8 Å². The fourth-order valence-electron chi connectivity index (χ4n) is 4.02. The van der Waals surface area contributed by atoms with Gasteiger partial charge in [-0.25, -0.2) is 28.5 Å². The van der Waals surface area contributed by atoms with Gasteiger partial charge in [0.15, 0.2) is 5.65 Å². The molecule has 0 bridgehead atoms. The molecule has 0 radical (unpaired) electrons. The lowest BCUT2D eigenvalue weighted by molar-refractivity contribution is 0.0218. The number of fused-ring (bicyclic) bond motifs is 1. The third kappa shape index (κ3) is 4.48. The van der Waals surface area contributed by atoms with Gasteiger partial charge in [-0.2, -0.15) is 5.26 Å². The Morgan fingerprint density at radius 2 is 2.03 bits per heavy atom. The van der Waals surface area contributed by atoms with Crippen LogP contribution in [-0.2, 0) is 4.74 Å². The third-order valence-corrected chi connectivity index (χ3v) is 5.50. The summed E-state index contributed by atoms with van der Waals surface area (Å²) in [5.41, 5.74) is -0.213. The van der Waals surface area contributed by atoms with E-state index in [-0.39, 0.29) is 22.6 Å². The number of carbonyl (C=O) groups is 1. The van der Waals surface area contributed by atoms with E-state index in [9.17, 15) is 18.8 Å². The zero-order valence-electron chi connectivity index (χ0n) is 19.4. The highest BCUT2D eigenvalue weighted by molar-refractivity contribution is 5.92. The Labute approximate surface area is 195 Å². The molecule has 9 nitrogen and oxygen atoms in total. The van der Waals surface area contributed by atoms with Crippen LogP contribution >= 0.6 is 0 Å². The average Bonchev–Trinajstić information content (AvgIpc) is 3.18. The number of hydrogen-bond donors (Lipinski definition) is 0. The van der Waals surface area contributed by atoms with Crippen molar-refractivity contribution in [3.63, 3.8) is 0 Å². The number of halogens is 2. The number of amides is 1. The lowest BCUT2D eigenvalue weighted by Crippen LogP contribution is -2.54. The number of anilines is 1. The molecular formula is C23H25F2N7O2. The van der Waals surface area contributed by atoms with Crippen molar-refractivity contribution in [2.24, 2.45) is 0 Å². The van der Waals surface area contributed by atoms with Crippen LogP contribution in [0.2, 0.25) is 0 Å². The molecule has 4 heterocycles. The second-order valence-electron chi connectivity index (χ2n) is 9.13. The summed E-state index contributed by atoms with van der Waals surface area (Å²) in [6.45, 7) is 8.43. The molecule has 0 N–H and O–H groups in total. The van der Waals surface area contributed by atoms with E-state index >= 15 is 0 Å². The van der Waals surface area contributed by atoms with Crippen molar-refractivity contribution in [3.8, 4) is 11.9 Å². The summed E-state index contributed by atoms with van der Waals surface area (Å²) in [4.78, 5) is 28.9. The number of ether oxygens (including phenoxy) is 1. The SMILES string of the molecule is C[C@H]1CN(C(=O)OC(C)(C)C)CCN1c1ncnc2c1c(C(F)F)cn2-c1cc(C#N)ccn1. The standard InChI is InChI=1S/C23H25F2N7O2/c1-14-11-30(22(33)34-23(2,3)4)7-8-31(14)20-18-16(19(24)25)12-32(21(18)29-13-28-20)17-9-15(10-26)5-6-27-17/h5-6,9,12-14,19H,7-8,11H2,1-4H3/t14-/m0/s1. The van der Waals surface area contributed by atoms with Crippen molar-refractivity contribution in [2.75, 3.05) is 24.5 Å². The summed E-state index contributed by atoms with van der Waals surface area (Å²) in [5.74, 6) is 0.676. The van der Waals surface area contributed by atoms with Gasteiger partial charge in [-0.3, -0.25) is 4.57 Å². The lowest BCUT2D eigenvalue weighted by atomic mass is 10.1. The van der Waals surface area contributed by atoms with Gasteiger partial charge in [-0.1, -0.05) is 0 Å². The summed E-state index contributed by atoms with van der Waals surface area (Å²) in [5, 5.41) is 9.43. The van der Waals surface area contributed by atoms with Crippen LogP contribution in [0, 0.1) is 11.3 Å². The van der Waals surface area contributed by atoms with Gasteiger partial charge in [-0.15, -0.1) is 0 Å². The van der Waals surface area contributed by atoms with Crippen LogP contribution in [0.1, 0.15) is 45.2 Å². The molecule has 1 atom stereocenters. The van der Waals surface area contributed by atoms with Gasteiger partial charge in [0.1, 0.15) is 23.6 Å².